The zero-order chi connectivity index (χ0) is 15.0. The number of hydrogen-bond donors (Lipinski definition) is 1. The molecule has 0 aliphatic carbocycles. The molecule has 114 valence electrons. The molecule has 3 unspecified atom stereocenters. The summed E-state index contributed by atoms with van der Waals surface area (Å²) in [6.45, 7) is 2.11. The molecule has 1 aromatic rings. The Morgan fingerprint density at radius 3 is 2.62 bits per heavy atom. The Morgan fingerprint density at radius 1 is 1.29 bits per heavy atom. The van der Waals surface area contributed by atoms with Crippen LogP contribution >= 0.6 is 0 Å². The lowest BCUT2D eigenvalue weighted by Crippen LogP contribution is -2.39. The summed E-state index contributed by atoms with van der Waals surface area (Å²) in [6, 6.07) is 9.41. The quantitative estimate of drug-likeness (QED) is 0.907. The highest BCUT2D eigenvalue weighted by molar-refractivity contribution is 7.92. The van der Waals surface area contributed by atoms with E-state index in [0.717, 1.165) is 5.56 Å². The summed E-state index contributed by atoms with van der Waals surface area (Å²) < 4.78 is 24.0. The maximum atomic E-state index is 12.4. The van der Waals surface area contributed by atoms with Gasteiger partial charge in [-0.15, -0.1) is 0 Å². The van der Waals surface area contributed by atoms with Gasteiger partial charge in [0.15, 0.2) is 9.84 Å². The predicted molar refractivity (Wildman–Crippen MR) is 80.3 cm³/mol. The topological polar surface area (TPSA) is 66.5 Å². The van der Waals surface area contributed by atoms with Crippen LogP contribution in [-0.2, 0) is 14.6 Å². The van der Waals surface area contributed by atoms with E-state index >= 15 is 0 Å². The van der Waals surface area contributed by atoms with Gasteiger partial charge in [-0.25, -0.2) is 8.42 Å². The lowest BCUT2D eigenvalue weighted by Gasteiger charge is -2.27. The maximum absolute atomic E-state index is 12.4. The Labute approximate surface area is 125 Å². The second kappa shape index (κ2) is 5.42. The van der Waals surface area contributed by atoms with Gasteiger partial charge in [-0.1, -0.05) is 30.3 Å². The molecular weight excluding hydrogens is 288 g/mol. The van der Waals surface area contributed by atoms with Crippen LogP contribution in [0.5, 0.6) is 0 Å². The van der Waals surface area contributed by atoms with Crippen LogP contribution < -0.4 is 5.32 Å². The van der Waals surface area contributed by atoms with Crippen molar-refractivity contribution in [1.82, 2.24) is 10.2 Å². The van der Waals surface area contributed by atoms with E-state index in [2.05, 4.69) is 5.32 Å². The van der Waals surface area contributed by atoms with Gasteiger partial charge in [0.05, 0.1) is 17.0 Å². The first kappa shape index (κ1) is 14.5. The zero-order valence-corrected chi connectivity index (χ0v) is 12.8. The van der Waals surface area contributed by atoms with Crippen LogP contribution in [0.15, 0.2) is 30.3 Å². The van der Waals surface area contributed by atoms with Crippen LogP contribution in [0.25, 0.3) is 0 Å². The van der Waals surface area contributed by atoms with Gasteiger partial charge in [-0.2, -0.15) is 0 Å². The molecule has 21 heavy (non-hydrogen) atoms. The number of sulfone groups is 1. The van der Waals surface area contributed by atoms with Crippen molar-refractivity contribution in [3.8, 4) is 0 Å². The molecular formula is C15H20N2O3S. The molecule has 0 saturated carbocycles. The van der Waals surface area contributed by atoms with E-state index in [9.17, 15) is 13.2 Å². The fourth-order valence-corrected chi connectivity index (χ4v) is 4.98. The predicted octanol–water partition coefficient (Wildman–Crippen LogP) is 1.08. The van der Waals surface area contributed by atoms with Gasteiger partial charge in [-0.05, 0) is 25.3 Å². The van der Waals surface area contributed by atoms with Crippen molar-refractivity contribution in [2.75, 3.05) is 12.3 Å². The lowest BCUT2D eigenvalue weighted by molar-refractivity contribution is -0.129. The average molecular weight is 308 g/mol. The van der Waals surface area contributed by atoms with E-state index in [-0.39, 0.29) is 30.4 Å². The summed E-state index contributed by atoms with van der Waals surface area (Å²) in [7, 11) is -3.04. The molecule has 2 saturated heterocycles. The van der Waals surface area contributed by atoms with Crippen LogP contribution in [0.3, 0.4) is 0 Å². The normalized spacial score (nSPS) is 31.8. The first-order chi connectivity index (χ1) is 9.99. The third-order valence-corrected chi connectivity index (χ3v) is 6.61. The van der Waals surface area contributed by atoms with Crippen molar-refractivity contribution in [1.29, 1.82) is 0 Å². The largest absolute Gasteiger partial charge is 0.320 e. The molecule has 2 aliphatic rings. The van der Waals surface area contributed by atoms with Gasteiger partial charge < -0.3 is 4.90 Å². The zero-order valence-electron chi connectivity index (χ0n) is 12.0. The summed E-state index contributed by atoms with van der Waals surface area (Å²) in [4.78, 5) is 14.0. The third kappa shape index (κ3) is 2.70. The number of carbonyl (C=O) groups excluding carboxylic acids is 1. The smallest absolute Gasteiger partial charge is 0.241 e. The van der Waals surface area contributed by atoms with Crippen molar-refractivity contribution >= 4 is 15.7 Å². The molecule has 0 radical (unpaired) electrons. The Kier molecular flexibility index (Phi) is 3.75. The Bertz CT molecular complexity index is 630. The SMILES string of the molecule is CC1NC(c2ccccc2)N(CC2CCCS2(=O)=O)C1=O. The molecule has 2 fully saturated rings. The molecule has 1 aromatic carbocycles. The van der Waals surface area contributed by atoms with Gasteiger partial charge in [0.1, 0.15) is 6.17 Å². The number of carbonyl (C=O) groups is 1. The number of hydrogen-bond acceptors (Lipinski definition) is 4. The Hall–Kier alpha value is -1.40. The van der Waals surface area contributed by atoms with Gasteiger partial charge in [0.25, 0.3) is 0 Å². The van der Waals surface area contributed by atoms with Crippen LogP contribution in [0.1, 0.15) is 31.5 Å². The van der Waals surface area contributed by atoms with Crippen LogP contribution in [0.4, 0.5) is 0 Å². The number of rotatable bonds is 3. The molecule has 0 spiro atoms. The molecule has 2 heterocycles. The van der Waals surface area contributed by atoms with Crippen molar-refractivity contribution in [3.05, 3.63) is 35.9 Å². The van der Waals surface area contributed by atoms with Crippen molar-refractivity contribution < 1.29 is 13.2 Å². The second-order valence-electron chi connectivity index (χ2n) is 5.82. The molecule has 0 aromatic heterocycles. The minimum atomic E-state index is -3.04. The first-order valence-electron chi connectivity index (χ1n) is 7.32. The fraction of sp³-hybridized carbons (Fsp3) is 0.533. The van der Waals surface area contributed by atoms with Crippen molar-refractivity contribution in [3.63, 3.8) is 0 Å². The lowest BCUT2D eigenvalue weighted by atomic mass is 10.1. The molecule has 5 nitrogen and oxygen atoms in total. The molecule has 1 amide bonds. The Balaban J connectivity index is 1.85. The first-order valence-corrected chi connectivity index (χ1v) is 9.03. The highest BCUT2D eigenvalue weighted by atomic mass is 32.2. The Morgan fingerprint density at radius 2 is 2.00 bits per heavy atom. The van der Waals surface area contributed by atoms with Gasteiger partial charge in [-0.3, -0.25) is 10.1 Å². The molecule has 3 atom stereocenters. The molecule has 0 bridgehead atoms. The van der Waals surface area contributed by atoms with E-state index in [1.165, 1.54) is 0 Å². The number of benzene rings is 1. The second-order valence-corrected chi connectivity index (χ2v) is 8.22. The molecule has 6 heteroatoms. The molecule has 1 N–H and O–H groups in total. The van der Waals surface area contributed by atoms with E-state index < -0.39 is 15.1 Å². The van der Waals surface area contributed by atoms with E-state index in [1.54, 1.807) is 4.90 Å². The molecule has 2 aliphatic heterocycles. The highest BCUT2D eigenvalue weighted by Crippen LogP contribution is 2.29. The summed E-state index contributed by atoms with van der Waals surface area (Å²) >= 11 is 0. The van der Waals surface area contributed by atoms with Gasteiger partial charge in [0, 0.05) is 6.54 Å². The summed E-state index contributed by atoms with van der Waals surface area (Å²) in [5.41, 5.74) is 0.991. The van der Waals surface area contributed by atoms with Crippen molar-refractivity contribution in [2.45, 2.75) is 37.2 Å². The molecule has 3 rings (SSSR count). The van der Waals surface area contributed by atoms with Gasteiger partial charge >= 0.3 is 0 Å². The average Bonchev–Trinajstić information content (AvgIpc) is 2.94. The number of nitrogens with zero attached hydrogens (tertiary/aromatic N) is 1. The van der Waals surface area contributed by atoms with Crippen molar-refractivity contribution in [2.24, 2.45) is 0 Å². The highest BCUT2D eigenvalue weighted by Gasteiger charge is 2.41. The number of amides is 1. The van der Waals surface area contributed by atoms with E-state index in [0.29, 0.717) is 12.8 Å². The van der Waals surface area contributed by atoms with E-state index in [4.69, 9.17) is 0 Å². The van der Waals surface area contributed by atoms with Crippen LogP contribution in [-0.4, -0.2) is 42.8 Å². The minimum absolute atomic E-state index is 0.0223. The summed E-state index contributed by atoms with van der Waals surface area (Å²) in [6.07, 6.45) is 1.13. The van der Waals surface area contributed by atoms with Gasteiger partial charge in [0.2, 0.25) is 5.91 Å². The monoisotopic (exact) mass is 308 g/mol. The third-order valence-electron chi connectivity index (χ3n) is 4.35. The van der Waals surface area contributed by atoms with E-state index in [1.807, 2.05) is 37.3 Å². The summed E-state index contributed by atoms with van der Waals surface area (Å²) in [5, 5.41) is 2.84. The fourth-order valence-electron chi connectivity index (χ4n) is 3.16. The minimum Gasteiger partial charge on any atom is -0.320 e. The standard InChI is InChI=1S/C15H20N2O3S/c1-11-15(18)17(10-13-8-5-9-21(13,19)20)14(16-11)12-6-3-2-4-7-12/h2-4,6-7,11,13-14,16H,5,8-10H2,1H3. The maximum Gasteiger partial charge on any atom is 0.241 e. The van der Waals surface area contributed by atoms with Crippen LogP contribution in [0, 0.1) is 0 Å². The number of nitrogens with one attached hydrogen (secondary N) is 1. The summed E-state index contributed by atoms with van der Waals surface area (Å²) in [5.74, 6) is 0.226. The van der Waals surface area contributed by atoms with Crippen LogP contribution in [0.2, 0.25) is 0 Å².